The van der Waals surface area contributed by atoms with Gasteiger partial charge in [-0.3, -0.25) is 9.89 Å². The van der Waals surface area contributed by atoms with Crippen molar-refractivity contribution in [2.75, 3.05) is 6.54 Å². The number of nitrogens with one attached hydrogen (secondary N) is 3. The molecule has 0 saturated carbocycles. The Morgan fingerprint density at radius 3 is 2.96 bits per heavy atom. The van der Waals surface area contributed by atoms with Crippen molar-refractivity contribution in [3.05, 3.63) is 66.1 Å². The van der Waals surface area contributed by atoms with Crippen molar-refractivity contribution < 1.29 is 4.79 Å². The first-order valence-electron chi connectivity index (χ1n) is 8.22. The van der Waals surface area contributed by atoms with Crippen LogP contribution in [0.2, 0.25) is 0 Å². The molecule has 0 bridgehead atoms. The van der Waals surface area contributed by atoms with Crippen LogP contribution in [0.1, 0.15) is 16.1 Å². The number of amides is 1. The summed E-state index contributed by atoms with van der Waals surface area (Å²) in [5, 5.41) is 11.2. The van der Waals surface area contributed by atoms with Crippen LogP contribution < -0.4 is 5.32 Å². The van der Waals surface area contributed by atoms with E-state index >= 15 is 0 Å². The highest BCUT2D eigenvalue weighted by Crippen LogP contribution is 2.18. The van der Waals surface area contributed by atoms with Crippen molar-refractivity contribution in [3.63, 3.8) is 0 Å². The van der Waals surface area contributed by atoms with Gasteiger partial charge in [0.05, 0.1) is 5.69 Å². The molecule has 0 fully saturated rings. The monoisotopic (exact) mass is 333 g/mol. The second-order valence-electron chi connectivity index (χ2n) is 6.04. The van der Waals surface area contributed by atoms with Gasteiger partial charge in [-0.2, -0.15) is 5.10 Å². The Bertz CT molecular complexity index is 1020. The van der Waals surface area contributed by atoms with Gasteiger partial charge >= 0.3 is 0 Å². The zero-order chi connectivity index (χ0) is 17.2. The molecular weight excluding hydrogens is 314 g/mol. The predicted molar refractivity (Wildman–Crippen MR) is 97.3 cm³/mol. The van der Waals surface area contributed by atoms with Crippen molar-refractivity contribution in [2.24, 2.45) is 7.05 Å². The number of para-hydroxylation sites is 1. The van der Waals surface area contributed by atoms with Gasteiger partial charge in [0.2, 0.25) is 0 Å². The summed E-state index contributed by atoms with van der Waals surface area (Å²) < 4.78 is 1.97. The summed E-state index contributed by atoms with van der Waals surface area (Å²) in [6, 6.07) is 13.9. The molecule has 1 aromatic carbocycles. The third-order valence-corrected chi connectivity index (χ3v) is 4.38. The van der Waals surface area contributed by atoms with E-state index in [-0.39, 0.29) is 5.91 Å². The summed E-state index contributed by atoms with van der Waals surface area (Å²) in [6.45, 7) is 0.569. The maximum Gasteiger partial charge on any atom is 0.269 e. The fourth-order valence-corrected chi connectivity index (χ4v) is 3.04. The average molecular weight is 333 g/mol. The van der Waals surface area contributed by atoms with Crippen molar-refractivity contribution >= 4 is 16.8 Å². The molecule has 0 aliphatic rings. The van der Waals surface area contributed by atoms with Crippen molar-refractivity contribution in [1.82, 2.24) is 25.1 Å². The first-order chi connectivity index (χ1) is 12.2. The van der Waals surface area contributed by atoms with Crippen molar-refractivity contribution in [1.29, 1.82) is 0 Å². The topological polar surface area (TPSA) is 78.5 Å². The summed E-state index contributed by atoms with van der Waals surface area (Å²) in [7, 11) is 1.95. The number of carbonyl (C=O) groups is 1. The Labute approximate surface area is 144 Å². The number of H-pyrrole nitrogens is 2. The van der Waals surface area contributed by atoms with Crippen LogP contribution in [-0.4, -0.2) is 32.2 Å². The highest BCUT2D eigenvalue weighted by molar-refractivity contribution is 5.93. The van der Waals surface area contributed by atoms with Gasteiger partial charge in [-0.15, -0.1) is 0 Å². The van der Waals surface area contributed by atoms with E-state index in [0.29, 0.717) is 12.2 Å². The highest BCUT2D eigenvalue weighted by Gasteiger charge is 2.12. The third-order valence-electron chi connectivity index (χ3n) is 4.38. The molecular formula is C19H19N5O. The van der Waals surface area contributed by atoms with E-state index in [4.69, 9.17) is 0 Å². The van der Waals surface area contributed by atoms with Crippen LogP contribution >= 0.6 is 0 Å². The lowest BCUT2D eigenvalue weighted by Gasteiger charge is -2.03. The SMILES string of the molecule is Cn1cccc1-c1cc(C(=O)NCCc2c[nH]c3ccccc23)[nH]n1. The highest BCUT2D eigenvalue weighted by atomic mass is 16.1. The molecule has 3 heterocycles. The molecule has 25 heavy (non-hydrogen) atoms. The number of aromatic amines is 2. The molecule has 1 amide bonds. The summed E-state index contributed by atoms with van der Waals surface area (Å²) in [6.07, 6.45) is 4.72. The van der Waals surface area contributed by atoms with E-state index in [9.17, 15) is 4.79 Å². The second kappa shape index (κ2) is 6.32. The molecule has 0 unspecified atom stereocenters. The maximum absolute atomic E-state index is 12.3. The minimum atomic E-state index is -0.146. The number of rotatable bonds is 5. The van der Waals surface area contributed by atoms with Crippen LogP contribution in [-0.2, 0) is 13.5 Å². The van der Waals surface area contributed by atoms with E-state index in [0.717, 1.165) is 23.3 Å². The number of aryl methyl sites for hydroxylation is 1. The van der Waals surface area contributed by atoms with Crippen LogP contribution in [0.4, 0.5) is 0 Å². The van der Waals surface area contributed by atoms with Gasteiger partial charge < -0.3 is 14.9 Å². The van der Waals surface area contributed by atoms with Gasteiger partial charge in [0.1, 0.15) is 11.4 Å². The fourth-order valence-electron chi connectivity index (χ4n) is 3.04. The van der Waals surface area contributed by atoms with Crippen LogP contribution in [0.25, 0.3) is 22.3 Å². The lowest BCUT2D eigenvalue weighted by atomic mass is 10.1. The van der Waals surface area contributed by atoms with E-state index < -0.39 is 0 Å². The largest absolute Gasteiger partial charge is 0.361 e. The maximum atomic E-state index is 12.3. The molecule has 0 saturated heterocycles. The fraction of sp³-hybridized carbons (Fsp3) is 0.158. The molecule has 4 aromatic rings. The Morgan fingerprint density at radius 1 is 1.24 bits per heavy atom. The van der Waals surface area contributed by atoms with Crippen molar-refractivity contribution in [2.45, 2.75) is 6.42 Å². The standard InChI is InChI=1S/C19H19N5O/c1-24-10-4-7-18(24)16-11-17(23-22-16)19(25)20-9-8-13-12-21-15-6-3-2-5-14(13)15/h2-7,10-12,21H,8-9H2,1H3,(H,20,25)(H,22,23). The van der Waals surface area contributed by atoms with E-state index in [2.05, 4.69) is 26.6 Å². The van der Waals surface area contributed by atoms with Gasteiger partial charge in [-0.05, 0) is 36.2 Å². The van der Waals surface area contributed by atoms with Gasteiger partial charge in [-0.25, -0.2) is 0 Å². The molecule has 4 rings (SSSR count). The number of aromatic nitrogens is 4. The second-order valence-corrected chi connectivity index (χ2v) is 6.04. The summed E-state index contributed by atoms with van der Waals surface area (Å²) >= 11 is 0. The molecule has 0 atom stereocenters. The Morgan fingerprint density at radius 2 is 2.12 bits per heavy atom. The van der Waals surface area contributed by atoms with E-state index in [1.54, 1.807) is 6.07 Å². The van der Waals surface area contributed by atoms with Crippen molar-refractivity contribution in [3.8, 4) is 11.4 Å². The lowest BCUT2D eigenvalue weighted by molar-refractivity contribution is 0.0949. The molecule has 3 N–H and O–H groups in total. The third kappa shape index (κ3) is 2.94. The number of nitrogens with zero attached hydrogens (tertiary/aromatic N) is 2. The molecule has 126 valence electrons. The number of fused-ring (bicyclic) bond motifs is 1. The molecule has 6 heteroatoms. The molecule has 0 aliphatic carbocycles. The predicted octanol–water partition coefficient (Wildman–Crippen LogP) is 2.87. The van der Waals surface area contributed by atoms with Crippen LogP contribution in [0.5, 0.6) is 0 Å². The van der Waals surface area contributed by atoms with E-state index in [1.807, 2.05) is 54.3 Å². The van der Waals surface area contributed by atoms with Gasteiger partial charge in [-0.1, -0.05) is 18.2 Å². The Hall–Kier alpha value is -3.28. The van der Waals surface area contributed by atoms with Crippen LogP contribution in [0.15, 0.2) is 54.9 Å². The minimum Gasteiger partial charge on any atom is -0.361 e. The van der Waals surface area contributed by atoms with Crippen LogP contribution in [0.3, 0.4) is 0 Å². The first-order valence-corrected chi connectivity index (χ1v) is 8.22. The van der Waals surface area contributed by atoms with E-state index in [1.165, 1.54) is 10.9 Å². The summed E-state index contributed by atoms with van der Waals surface area (Å²) in [5.41, 5.74) is 4.51. The average Bonchev–Trinajstić information content (AvgIpc) is 3.34. The number of carbonyl (C=O) groups excluding carboxylic acids is 1. The smallest absolute Gasteiger partial charge is 0.269 e. The number of benzene rings is 1. The van der Waals surface area contributed by atoms with Gasteiger partial charge in [0.25, 0.3) is 5.91 Å². The molecule has 3 aromatic heterocycles. The lowest BCUT2D eigenvalue weighted by Crippen LogP contribution is -2.25. The zero-order valence-electron chi connectivity index (χ0n) is 13.9. The molecule has 6 nitrogen and oxygen atoms in total. The normalized spacial score (nSPS) is 11.1. The van der Waals surface area contributed by atoms with Gasteiger partial charge in [0, 0.05) is 36.9 Å². The molecule has 0 radical (unpaired) electrons. The van der Waals surface area contributed by atoms with Gasteiger partial charge in [0.15, 0.2) is 0 Å². The summed E-state index contributed by atoms with van der Waals surface area (Å²) in [5.74, 6) is -0.146. The number of hydrogen-bond acceptors (Lipinski definition) is 2. The molecule has 0 aliphatic heterocycles. The number of hydrogen-bond donors (Lipinski definition) is 3. The minimum absolute atomic E-state index is 0.146. The zero-order valence-corrected chi connectivity index (χ0v) is 13.9. The van der Waals surface area contributed by atoms with Crippen LogP contribution in [0, 0.1) is 0 Å². The summed E-state index contributed by atoms with van der Waals surface area (Å²) in [4.78, 5) is 15.6. The molecule has 0 spiro atoms. The first kappa shape index (κ1) is 15.3. The quantitative estimate of drug-likeness (QED) is 0.525. The Balaban J connectivity index is 1.39. The Kier molecular flexibility index (Phi) is 3.85.